The van der Waals surface area contributed by atoms with Crippen LogP contribution < -0.4 is 5.32 Å². The third kappa shape index (κ3) is 4.15. The van der Waals surface area contributed by atoms with E-state index in [0.717, 1.165) is 0 Å². The van der Waals surface area contributed by atoms with Gasteiger partial charge in [-0.25, -0.2) is 0 Å². The van der Waals surface area contributed by atoms with Crippen LogP contribution in [-0.4, -0.2) is 19.1 Å². The fourth-order valence-corrected chi connectivity index (χ4v) is 1.17. The van der Waals surface area contributed by atoms with Gasteiger partial charge in [0.15, 0.2) is 0 Å². The molecule has 1 rings (SSSR count). The SMILES string of the molecule is CCOC(=O)CCNCc1ccc(C#N)o1. The molecule has 1 aromatic heterocycles. The second-order valence-electron chi connectivity index (χ2n) is 3.11. The number of carbonyl (C=O) groups excluding carboxylic acids is 1. The summed E-state index contributed by atoms with van der Waals surface area (Å²) in [4.78, 5) is 11.0. The number of nitrogens with zero attached hydrogens (tertiary/aromatic N) is 1. The van der Waals surface area contributed by atoms with Crippen LogP contribution in [-0.2, 0) is 16.1 Å². The molecule has 0 aliphatic rings. The number of esters is 1. The van der Waals surface area contributed by atoms with Gasteiger partial charge in [-0.05, 0) is 19.1 Å². The number of furan rings is 1. The van der Waals surface area contributed by atoms with Gasteiger partial charge in [-0.15, -0.1) is 0 Å². The summed E-state index contributed by atoms with van der Waals surface area (Å²) < 4.78 is 9.92. The summed E-state index contributed by atoms with van der Waals surface area (Å²) in [5.41, 5.74) is 0. The van der Waals surface area contributed by atoms with Crippen LogP contribution in [0.2, 0.25) is 0 Å². The zero-order valence-corrected chi connectivity index (χ0v) is 9.16. The maximum Gasteiger partial charge on any atom is 0.307 e. The average molecular weight is 222 g/mol. The number of hydrogen-bond acceptors (Lipinski definition) is 5. The standard InChI is InChI=1S/C11H14N2O3/c1-2-15-11(14)5-6-13-8-10-4-3-9(7-12)16-10/h3-4,13H,2,5-6,8H2,1H3. The average Bonchev–Trinajstić information content (AvgIpc) is 2.73. The second kappa shape index (κ2) is 6.64. The van der Waals surface area contributed by atoms with Crippen LogP contribution in [0.15, 0.2) is 16.5 Å². The Morgan fingerprint density at radius 1 is 1.62 bits per heavy atom. The fraction of sp³-hybridized carbons (Fsp3) is 0.455. The number of hydrogen-bond donors (Lipinski definition) is 1. The topological polar surface area (TPSA) is 75.3 Å². The Bertz CT molecular complexity index is 379. The van der Waals surface area contributed by atoms with Crippen molar-refractivity contribution < 1.29 is 13.9 Å². The van der Waals surface area contributed by atoms with E-state index in [1.165, 1.54) is 0 Å². The highest BCUT2D eigenvalue weighted by molar-refractivity contribution is 5.69. The molecule has 0 unspecified atom stereocenters. The highest BCUT2D eigenvalue weighted by Crippen LogP contribution is 2.05. The molecule has 0 radical (unpaired) electrons. The summed E-state index contributed by atoms with van der Waals surface area (Å²) in [6.45, 7) is 3.21. The summed E-state index contributed by atoms with van der Waals surface area (Å²) in [5, 5.41) is 11.6. The molecular formula is C11H14N2O3. The van der Waals surface area contributed by atoms with Crippen LogP contribution in [0.5, 0.6) is 0 Å². The number of carbonyl (C=O) groups is 1. The number of nitriles is 1. The van der Waals surface area contributed by atoms with Crippen LogP contribution in [0.3, 0.4) is 0 Å². The first-order valence-electron chi connectivity index (χ1n) is 5.11. The zero-order chi connectivity index (χ0) is 11.8. The van der Waals surface area contributed by atoms with Gasteiger partial charge in [0, 0.05) is 6.54 Å². The van der Waals surface area contributed by atoms with E-state index in [1.54, 1.807) is 19.1 Å². The van der Waals surface area contributed by atoms with Crippen molar-refractivity contribution in [3.63, 3.8) is 0 Å². The fourth-order valence-electron chi connectivity index (χ4n) is 1.17. The molecule has 86 valence electrons. The Balaban J connectivity index is 2.16. The molecule has 16 heavy (non-hydrogen) atoms. The van der Waals surface area contributed by atoms with Gasteiger partial charge in [0.05, 0.1) is 19.6 Å². The molecule has 0 amide bonds. The predicted octanol–water partition coefficient (Wildman–Crippen LogP) is 1.19. The molecule has 0 saturated carbocycles. The minimum Gasteiger partial charge on any atom is -0.466 e. The van der Waals surface area contributed by atoms with Crippen LogP contribution in [0.4, 0.5) is 0 Å². The van der Waals surface area contributed by atoms with Crippen LogP contribution >= 0.6 is 0 Å². The largest absolute Gasteiger partial charge is 0.466 e. The van der Waals surface area contributed by atoms with Crippen molar-refractivity contribution in [2.24, 2.45) is 0 Å². The summed E-state index contributed by atoms with van der Waals surface area (Å²) in [6.07, 6.45) is 0.333. The maximum absolute atomic E-state index is 11.0. The first kappa shape index (κ1) is 12.3. The molecule has 0 aliphatic carbocycles. The van der Waals surface area contributed by atoms with E-state index < -0.39 is 0 Å². The van der Waals surface area contributed by atoms with Crippen molar-refractivity contribution in [1.82, 2.24) is 5.32 Å². The highest BCUT2D eigenvalue weighted by atomic mass is 16.5. The molecule has 1 aromatic rings. The van der Waals surface area contributed by atoms with Gasteiger partial charge in [-0.1, -0.05) is 0 Å². The van der Waals surface area contributed by atoms with Crippen molar-refractivity contribution in [2.75, 3.05) is 13.2 Å². The molecule has 5 heteroatoms. The van der Waals surface area contributed by atoms with Gasteiger partial charge in [-0.3, -0.25) is 4.79 Å². The Morgan fingerprint density at radius 2 is 2.44 bits per heavy atom. The minimum absolute atomic E-state index is 0.216. The minimum atomic E-state index is -0.216. The summed E-state index contributed by atoms with van der Waals surface area (Å²) in [7, 11) is 0. The Morgan fingerprint density at radius 3 is 3.06 bits per heavy atom. The lowest BCUT2D eigenvalue weighted by atomic mass is 10.4. The Kier molecular flexibility index (Phi) is 5.09. The lowest BCUT2D eigenvalue weighted by Gasteiger charge is -2.02. The molecule has 0 saturated heterocycles. The molecular weight excluding hydrogens is 208 g/mol. The van der Waals surface area contributed by atoms with Crippen LogP contribution in [0.1, 0.15) is 24.9 Å². The smallest absolute Gasteiger partial charge is 0.307 e. The molecule has 0 fully saturated rings. The normalized spacial score (nSPS) is 9.75. The Hall–Kier alpha value is -1.80. The van der Waals surface area contributed by atoms with Crippen molar-refractivity contribution in [1.29, 1.82) is 5.26 Å². The van der Waals surface area contributed by atoms with Crippen LogP contribution in [0, 0.1) is 11.3 Å². The lowest BCUT2D eigenvalue weighted by molar-refractivity contribution is -0.142. The highest BCUT2D eigenvalue weighted by Gasteiger charge is 2.02. The summed E-state index contributed by atoms with van der Waals surface area (Å²) in [5.74, 6) is 0.759. The second-order valence-corrected chi connectivity index (χ2v) is 3.11. The van der Waals surface area contributed by atoms with Gasteiger partial charge >= 0.3 is 5.97 Å². The molecule has 0 bridgehead atoms. The maximum atomic E-state index is 11.0. The van der Waals surface area contributed by atoms with E-state index >= 15 is 0 Å². The monoisotopic (exact) mass is 222 g/mol. The zero-order valence-electron chi connectivity index (χ0n) is 9.16. The molecule has 1 N–H and O–H groups in total. The summed E-state index contributed by atoms with van der Waals surface area (Å²) >= 11 is 0. The quantitative estimate of drug-likeness (QED) is 0.578. The molecule has 1 heterocycles. The van der Waals surface area contributed by atoms with Gasteiger partial charge in [-0.2, -0.15) is 5.26 Å². The number of rotatable bonds is 6. The number of nitrogens with one attached hydrogen (secondary N) is 1. The third-order valence-corrected chi connectivity index (χ3v) is 1.88. The van der Waals surface area contributed by atoms with Crippen LogP contribution in [0.25, 0.3) is 0 Å². The first-order chi connectivity index (χ1) is 7.76. The first-order valence-corrected chi connectivity index (χ1v) is 5.11. The Labute approximate surface area is 94.0 Å². The molecule has 0 atom stereocenters. The number of ether oxygens (including phenoxy) is 1. The van der Waals surface area contributed by atoms with Gasteiger partial charge in [0.25, 0.3) is 0 Å². The van der Waals surface area contributed by atoms with E-state index in [2.05, 4.69) is 5.32 Å². The van der Waals surface area contributed by atoms with E-state index in [4.69, 9.17) is 14.4 Å². The van der Waals surface area contributed by atoms with E-state index in [-0.39, 0.29) is 5.97 Å². The lowest BCUT2D eigenvalue weighted by Crippen LogP contribution is -2.18. The van der Waals surface area contributed by atoms with Crippen molar-refractivity contribution in [3.05, 3.63) is 23.7 Å². The molecule has 5 nitrogen and oxygen atoms in total. The predicted molar refractivity (Wildman–Crippen MR) is 56.4 cm³/mol. The van der Waals surface area contributed by atoms with E-state index in [0.29, 0.717) is 37.6 Å². The van der Waals surface area contributed by atoms with Gasteiger partial charge < -0.3 is 14.5 Å². The summed E-state index contributed by atoms with van der Waals surface area (Å²) in [6, 6.07) is 5.25. The third-order valence-electron chi connectivity index (χ3n) is 1.88. The van der Waals surface area contributed by atoms with E-state index in [1.807, 2.05) is 6.07 Å². The molecule has 0 aromatic carbocycles. The molecule has 0 aliphatic heterocycles. The molecule has 0 spiro atoms. The van der Waals surface area contributed by atoms with Crippen molar-refractivity contribution in [3.8, 4) is 6.07 Å². The van der Waals surface area contributed by atoms with Gasteiger partial charge in [0.1, 0.15) is 11.8 Å². The van der Waals surface area contributed by atoms with E-state index in [9.17, 15) is 4.79 Å². The van der Waals surface area contributed by atoms with Crippen molar-refractivity contribution >= 4 is 5.97 Å². The van der Waals surface area contributed by atoms with Gasteiger partial charge in [0.2, 0.25) is 5.76 Å². The van der Waals surface area contributed by atoms with Crippen molar-refractivity contribution in [2.45, 2.75) is 19.9 Å².